The maximum Gasteiger partial charge on any atom is 0.258 e. The fraction of sp³-hybridized carbons (Fsp3) is 0.0870. The van der Waals surface area contributed by atoms with E-state index in [9.17, 15) is 4.79 Å². The van der Waals surface area contributed by atoms with Crippen LogP contribution < -0.4 is 11.0 Å². The van der Waals surface area contributed by atoms with Gasteiger partial charge in [-0.05, 0) is 35.9 Å². The van der Waals surface area contributed by atoms with Crippen molar-refractivity contribution in [1.29, 1.82) is 0 Å². The van der Waals surface area contributed by atoms with Gasteiger partial charge in [-0.3, -0.25) is 9.78 Å². The van der Waals surface area contributed by atoms with Crippen LogP contribution in [0.4, 0.5) is 0 Å². The molecule has 6 heteroatoms. The number of H-pyrrole nitrogens is 1. The Morgan fingerprint density at radius 1 is 0.966 bits per heavy atom. The first-order chi connectivity index (χ1) is 14.2. The number of nitrogens with one attached hydrogen (secondary N) is 2. The fourth-order valence-electron chi connectivity index (χ4n) is 3.80. The zero-order valence-electron chi connectivity index (χ0n) is 15.4. The van der Waals surface area contributed by atoms with Gasteiger partial charge < -0.3 is 10.4 Å². The monoisotopic (exact) mass is 400 g/mol. The van der Waals surface area contributed by atoms with E-state index in [4.69, 9.17) is 11.6 Å². The molecule has 0 spiro atoms. The van der Waals surface area contributed by atoms with Crippen molar-refractivity contribution in [2.75, 3.05) is 0 Å². The molecule has 3 heterocycles. The van der Waals surface area contributed by atoms with E-state index in [1.54, 1.807) is 12.3 Å². The number of pyridine rings is 2. The van der Waals surface area contributed by atoms with Crippen molar-refractivity contribution in [3.8, 4) is 11.1 Å². The molecule has 2 aromatic carbocycles. The first kappa shape index (κ1) is 17.6. The molecule has 2 aromatic heterocycles. The third-order valence-electron chi connectivity index (χ3n) is 5.12. The summed E-state index contributed by atoms with van der Waals surface area (Å²) in [4.78, 5) is 20.5. The molecular formula is C23H17ClN4O. The summed E-state index contributed by atoms with van der Waals surface area (Å²) in [6.45, 7) is 0. The third-order valence-corrected chi connectivity index (χ3v) is 5.36. The van der Waals surface area contributed by atoms with Crippen LogP contribution in [0.3, 0.4) is 0 Å². The van der Waals surface area contributed by atoms with Crippen LogP contribution in [-0.4, -0.2) is 15.7 Å². The lowest BCUT2D eigenvalue weighted by Gasteiger charge is -2.13. The zero-order chi connectivity index (χ0) is 19.8. The highest BCUT2D eigenvalue weighted by Crippen LogP contribution is 2.33. The number of halogens is 1. The second kappa shape index (κ2) is 7.18. The molecule has 0 fully saturated rings. The number of fused-ring (bicyclic) bond motifs is 1. The number of hydrogen-bond donors (Lipinski definition) is 2. The molecule has 5 rings (SSSR count). The Labute approximate surface area is 172 Å². The Morgan fingerprint density at radius 2 is 1.79 bits per heavy atom. The minimum absolute atomic E-state index is 0.0655. The van der Waals surface area contributed by atoms with E-state index >= 15 is 0 Å². The predicted octanol–water partition coefficient (Wildman–Crippen LogP) is 4.68. The summed E-state index contributed by atoms with van der Waals surface area (Å²) >= 11 is 6.29. The fourth-order valence-corrected chi connectivity index (χ4v) is 3.97. The average Bonchev–Trinajstić information content (AvgIpc) is 3.24. The Bertz CT molecular complexity index is 1280. The van der Waals surface area contributed by atoms with Crippen molar-refractivity contribution >= 4 is 28.2 Å². The molecule has 1 aliphatic rings. The van der Waals surface area contributed by atoms with Crippen molar-refractivity contribution in [3.05, 3.63) is 99.6 Å². The van der Waals surface area contributed by atoms with Gasteiger partial charge in [0, 0.05) is 34.1 Å². The molecule has 0 radical (unpaired) electrons. The summed E-state index contributed by atoms with van der Waals surface area (Å²) in [5, 5.41) is 6.02. The van der Waals surface area contributed by atoms with Crippen LogP contribution in [0.2, 0.25) is 5.02 Å². The topological polar surface area (TPSA) is 70.1 Å². The highest BCUT2D eigenvalue weighted by atomic mass is 35.5. The second-order valence-electron chi connectivity index (χ2n) is 6.96. The smallest absolute Gasteiger partial charge is 0.258 e. The summed E-state index contributed by atoms with van der Waals surface area (Å²) in [5.74, 6) is 0. The molecule has 1 atom stereocenters. The molecule has 0 bridgehead atoms. The van der Waals surface area contributed by atoms with Crippen LogP contribution in [0, 0.1) is 0 Å². The van der Waals surface area contributed by atoms with Gasteiger partial charge in [-0.2, -0.15) is 5.10 Å². The summed E-state index contributed by atoms with van der Waals surface area (Å²) in [6.07, 6.45) is 2.33. The Hall–Kier alpha value is -3.44. The van der Waals surface area contributed by atoms with Gasteiger partial charge >= 0.3 is 0 Å². The van der Waals surface area contributed by atoms with Crippen LogP contribution in [0.15, 0.2) is 82.8 Å². The van der Waals surface area contributed by atoms with Gasteiger partial charge in [-0.15, -0.1) is 0 Å². The molecule has 29 heavy (non-hydrogen) atoms. The van der Waals surface area contributed by atoms with Crippen LogP contribution in [0.1, 0.15) is 23.7 Å². The minimum atomic E-state index is -0.166. The molecule has 1 unspecified atom stereocenters. The van der Waals surface area contributed by atoms with E-state index in [1.807, 2.05) is 60.7 Å². The first-order valence-corrected chi connectivity index (χ1v) is 9.73. The zero-order valence-corrected chi connectivity index (χ0v) is 16.1. The number of aromatic amines is 1. The molecule has 0 amide bonds. The molecule has 0 saturated carbocycles. The lowest BCUT2D eigenvalue weighted by molar-refractivity contribution is 0.603. The molecule has 5 nitrogen and oxygen atoms in total. The van der Waals surface area contributed by atoms with Gasteiger partial charge in [-0.25, -0.2) is 0 Å². The summed E-state index contributed by atoms with van der Waals surface area (Å²) in [6, 6.07) is 21.1. The van der Waals surface area contributed by atoms with E-state index in [-0.39, 0.29) is 11.6 Å². The second-order valence-corrected chi connectivity index (χ2v) is 7.40. The number of aromatic nitrogens is 2. The van der Waals surface area contributed by atoms with Crippen molar-refractivity contribution in [1.82, 2.24) is 15.4 Å². The molecule has 142 valence electrons. The van der Waals surface area contributed by atoms with Crippen molar-refractivity contribution < 1.29 is 0 Å². The van der Waals surface area contributed by atoms with Gasteiger partial charge in [-0.1, -0.05) is 48.0 Å². The Balaban J connectivity index is 1.70. The number of hydrazone groups is 1. The molecule has 1 aliphatic heterocycles. The molecule has 2 N–H and O–H groups in total. The highest BCUT2D eigenvalue weighted by Gasteiger charge is 2.27. The van der Waals surface area contributed by atoms with Crippen LogP contribution in [0.5, 0.6) is 0 Å². The third kappa shape index (κ3) is 3.19. The lowest BCUT2D eigenvalue weighted by atomic mass is 9.92. The number of benzene rings is 2. The van der Waals surface area contributed by atoms with E-state index in [2.05, 4.69) is 20.5 Å². The quantitative estimate of drug-likeness (QED) is 0.524. The first-order valence-electron chi connectivity index (χ1n) is 9.35. The number of hydrogen-bond acceptors (Lipinski definition) is 4. The van der Waals surface area contributed by atoms with Crippen LogP contribution in [0.25, 0.3) is 22.0 Å². The summed E-state index contributed by atoms with van der Waals surface area (Å²) in [7, 11) is 0. The van der Waals surface area contributed by atoms with E-state index in [0.29, 0.717) is 22.7 Å². The van der Waals surface area contributed by atoms with E-state index in [1.165, 1.54) is 0 Å². The number of rotatable bonds is 3. The van der Waals surface area contributed by atoms with Crippen molar-refractivity contribution in [2.24, 2.45) is 5.10 Å². The maximum atomic E-state index is 13.1. The predicted molar refractivity (Wildman–Crippen MR) is 116 cm³/mol. The van der Waals surface area contributed by atoms with Crippen molar-refractivity contribution in [3.63, 3.8) is 0 Å². The Morgan fingerprint density at radius 3 is 2.59 bits per heavy atom. The minimum Gasteiger partial charge on any atom is -0.321 e. The van der Waals surface area contributed by atoms with Gasteiger partial charge in [0.05, 0.1) is 23.0 Å². The summed E-state index contributed by atoms with van der Waals surface area (Å²) < 4.78 is 0. The standard InChI is InChI=1S/C23H17ClN4O/c24-15-9-10-17-16(12-15)21(14-6-2-1-3-7-14)22(23(29)26-17)20-13-19(27-28-20)18-8-4-5-11-25-18/h1-12,19,27H,13H2,(H,26,29). The molecule has 0 saturated heterocycles. The van der Waals surface area contributed by atoms with E-state index < -0.39 is 0 Å². The van der Waals surface area contributed by atoms with Gasteiger partial charge in [0.25, 0.3) is 5.56 Å². The van der Waals surface area contributed by atoms with Crippen molar-refractivity contribution in [2.45, 2.75) is 12.5 Å². The van der Waals surface area contributed by atoms with Crippen LogP contribution >= 0.6 is 11.6 Å². The lowest BCUT2D eigenvalue weighted by Crippen LogP contribution is -2.20. The normalized spacial score (nSPS) is 15.9. The molecule has 0 aliphatic carbocycles. The molecular weight excluding hydrogens is 384 g/mol. The highest BCUT2D eigenvalue weighted by molar-refractivity contribution is 6.31. The number of nitrogens with zero attached hydrogens (tertiary/aromatic N) is 2. The maximum absolute atomic E-state index is 13.1. The SMILES string of the molecule is O=c1[nH]c2ccc(Cl)cc2c(-c2ccccc2)c1C1=NNC(c2ccccn2)C1. The largest absolute Gasteiger partial charge is 0.321 e. The van der Waals surface area contributed by atoms with E-state index in [0.717, 1.165) is 27.7 Å². The summed E-state index contributed by atoms with van der Waals surface area (Å²) in [5.41, 5.74) is 7.68. The van der Waals surface area contributed by atoms with Gasteiger partial charge in [0.15, 0.2) is 0 Å². The molecule has 4 aromatic rings. The Kier molecular flexibility index (Phi) is 4.37. The van der Waals surface area contributed by atoms with Gasteiger partial charge in [0.1, 0.15) is 0 Å². The average molecular weight is 401 g/mol. The van der Waals surface area contributed by atoms with Crippen LogP contribution in [-0.2, 0) is 0 Å². The van der Waals surface area contributed by atoms with Gasteiger partial charge in [0.2, 0.25) is 0 Å².